The van der Waals surface area contributed by atoms with Crippen molar-refractivity contribution in [1.29, 1.82) is 5.26 Å². The van der Waals surface area contributed by atoms with Gasteiger partial charge in [-0.2, -0.15) is 5.26 Å². The van der Waals surface area contributed by atoms with Crippen LogP contribution in [0.1, 0.15) is 11.1 Å². The van der Waals surface area contributed by atoms with Crippen molar-refractivity contribution in [3.05, 3.63) is 59.7 Å². The Bertz CT molecular complexity index is 524. The molecule has 0 radical (unpaired) electrons. The largest absolute Gasteiger partial charge is 0.354 e. The Kier molecular flexibility index (Phi) is 2.88. The topological polar surface area (TPSA) is 35.8 Å². The number of aryl methyl sites for hydroxylation is 1. The molecule has 78 valence electrons. The molecule has 16 heavy (non-hydrogen) atoms. The van der Waals surface area contributed by atoms with E-state index in [-0.39, 0.29) is 0 Å². The van der Waals surface area contributed by atoms with Crippen molar-refractivity contribution < 1.29 is 0 Å². The minimum atomic E-state index is 0.662. The first kappa shape index (κ1) is 10.3. The maximum Gasteiger partial charge on any atom is 0.101 e. The number of benzene rings is 2. The van der Waals surface area contributed by atoms with E-state index in [9.17, 15) is 0 Å². The Morgan fingerprint density at radius 2 is 1.81 bits per heavy atom. The third-order valence-corrected chi connectivity index (χ3v) is 2.35. The van der Waals surface area contributed by atoms with Gasteiger partial charge in [0.05, 0.1) is 11.3 Å². The molecular formula is C14H12N2. The summed E-state index contributed by atoms with van der Waals surface area (Å²) in [5, 5.41) is 12.2. The van der Waals surface area contributed by atoms with Crippen molar-refractivity contribution in [2.45, 2.75) is 6.92 Å². The van der Waals surface area contributed by atoms with Crippen molar-refractivity contribution >= 4 is 11.4 Å². The van der Waals surface area contributed by atoms with Crippen LogP contribution < -0.4 is 5.32 Å². The van der Waals surface area contributed by atoms with Crippen LogP contribution in [0.2, 0.25) is 0 Å². The van der Waals surface area contributed by atoms with Crippen LogP contribution in [-0.4, -0.2) is 0 Å². The van der Waals surface area contributed by atoms with E-state index in [0.29, 0.717) is 5.56 Å². The SMILES string of the molecule is Cc1ccc(C#N)c(Nc2ccccc2)c1. The highest BCUT2D eigenvalue weighted by atomic mass is 14.9. The molecule has 2 aromatic rings. The molecule has 0 bridgehead atoms. The summed E-state index contributed by atoms with van der Waals surface area (Å²) in [6.07, 6.45) is 0. The van der Waals surface area contributed by atoms with Crippen LogP contribution in [0.15, 0.2) is 48.5 Å². The fourth-order valence-corrected chi connectivity index (χ4v) is 1.54. The van der Waals surface area contributed by atoms with Crippen LogP contribution in [0.5, 0.6) is 0 Å². The summed E-state index contributed by atoms with van der Waals surface area (Å²) in [6.45, 7) is 2.01. The van der Waals surface area contributed by atoms with E-state index in [1.54, 1.807) is 0 Å². The molecule has 1 N–H and O–H groups in total. The second-order valence-corrected chi connectivity index (χ2v) is 3.65. The highest BCUT2D eigenvalue weighted by Gasteiger charge is 2.01. The molecule has 0 saturated carbocycles. The van der Waals surface area contributed by atoms with Crippen LogP contribution in [-0.2, 0) is 0 Å². The lowest BCUT2D eigenvalue weighted by molar-refractivity contribution is 1.41. The molecule has 2 heteroatoms. The second kappa shape index (κ2) is 4.50. The quantitative estimate of drug-likeness (QED) is 0.818. The molecular weight excluding hydrogens is 196 g/mol. The third kappa shape index (κ3) is 2.21. The average Bonchev–Trinajstić information content (AvgIpc) is 2.31. The van der Waals surface area contributed by atoms with Gasteiger partial charge >= 0.3 is 0 Å². The Labute approximate surface area is 95.2 Å². The van der Waals surface area contributed by atoms with Gasteiger partial charge in [-0.3, -0.25) is 0 Å². The van der Waals surface area contributed by atoms with Crippen molar-refractivity contribution in [2.24, 2.45) is 0 Å². The summed E-state index contributed by atoms with van der Waals surface area (Å²) in [4.78, 5) is 0. The highest BCUT2D eigenvalue weighted by Crippen LogP contribution is 2.21. The minimum absolute atomic E-state index is 0.662. The van der Waals surface area contributed by atoms with E-state index < -0.39 is 0 Å². The molecule has 2 aromatic carbocycles. The fraction of sp³-hybridized carbons (Fsp3) is 0.0714. The number of nitriles is 1. The van der Waals surface area contributed by atoms with Gasteiger partial charge < -0.3 is 5.32 Å². The summed E-state index contributed by atoms with van der Waals surface area (Å²) in [5.41, 5.74) is 3.64. The van der Waals surface area contributed by atoms with Gasteiger partial charge in [-0.25, -0.2) is 0 Å². The maximum atomic E-state index is 9.00. The van der Waals surface area contributed by atoms with E-state index in [0.717, 1.165) is 16.9 Å². The van der Waals surface area contributed by atoms with Crippen molar-refractivity contribution in [2.75, 3.05) is 5.32 Å². The smallest absolute Gasteiger partial charge is 0.101 e. The summed E-state index contributed by atoms with van der Waals surface area (Å²) >= 11 is 0. The molecule has 2 rings (SSSR count). The molecule has 2 nitrogen and oxygen atoms in total. The molecule has 0 heterocycles. The summed E-state index contributed by atoms with van der Waals surface area (Å²) < 4.78 is 0. The summed E-state index contributed by atoms with van der Waals surface area (Å²) in [7, 11) is 0. The zero-order chi connectivity index (χ0) is 11.4. The average molecular weight is 208 g/mol. The van der Waals surface area contributed by atoms with Crippen molar-refractivity contribution in [1.82, 2.24) is 0 Å². The zero-order valence-corrected chi connectivity index (χ0v) is 9.07. The number of anilines is 2. The number of hydrogen-bond donors (Lipinski definition) is 1. The third-order valence-electron chi connectivity index (χ3n) is 2.35. The van der Waals surface area contributed by atoms with Gasteiger partial charge in [0.1, 0.15) is 6.07 Å². The zero-order valence-electron chi connectivity index (χ0n) is 9.07. The van der Waals surface area contributed by atoms with Crippen LogP contribution >= 0.6 is 0 Å². The van der Waals surface area contributed by atoms with E-state index >= 15 is 0 Å². The lowest BCUT2D eigenvalue weighted by Gasteiger charge is -2.08. The van der Waals surface area contributed by atoms with Gasteiger partial charge in [0.2, 0.25) is 0 Å². The van der Waals surface area contributed by atoms with E-state index in [1.807, 2.05) is 55.5 Å². The van der Waals surface area contributed by atoms with Crippen LogP contribution in [0.3, 0.4) is 0 Å². The molecule has 0 atom stereocenters. The van der Waals surface area contributed by atoms with Crippen molar-refractivity contribution in [3.8, 4) is 6.07 Å². The first-order valence-corrected chi connectivity index (χ1v) is 5.12. The van der Waals surface area contributed by atoms with Gasteiger partial charge in [-0.1, -0.05) is 24.3 Å². The van der Waals surface area contributed by atoms with Gasteiger partial charge in [-0.15, -0.1) is 0 Å². The molecule has 0 fully saturated rings. The van der Waals surface area contributed by atoms with Crippen molar-refractivity contribution in [3.63, 3.8) is 0 Å². The molecule has 0 unspecified atom stereocenters. The first-order chi connectivity index (χ1) is 7.79. The molecule has 0 saturated heterocycles. The standard InChI is InChI=1S/C14H12N2/c1-11-7-8-12(10-15)14(9-11)16-13-5-3-2-4-6-13/h2-9,16H,1H3. The number of nitrogens with zero attached hydrogens (tertiary/aromatic N) is 1. The van der Waals surface area contributed by atoms with E-state index in [4.69, 9.17) is 5.26 Å². The molecule has 0 aliphatic heterocycles. The Hall–Kier alpha value is -2.27. The lowest BCUT2D eigenvalue weighted by Crippen LogP contribution is -1.93. The molecule has 0 amide bonds. The number of rotatable bonds is 2. The van der Waals surface area contributed by atoms with E-state index in [1.165, 1.54) is 0 Å². The molecule has 0 aromatic heterocycles. The number of nitrogens with one attached hydrogen (secondary N) is 1. The van der Waals surface area contributed by atoms with Crippen LogP contribution in [0.4, 0.5) is 11.4 Å². The first-order valence-electron chi connectivity index (χ1n) is 5.12. The van der Waals surface area contributed by atoms with Gasteiger partial charge in [0.15, 0.2) is 0 Å². The van der Waals surface area contributed by atoms with Crippen LogP contribution in [0, 0.1) is 18.3 Å². The highest BCUT2D eigenvalue weighted by molar-refractivity contribution is 5.67. The normalized spacial score (nSPS) is 9.50. The number of para-hydroxylation sites is 1. The molecule has 0 spiro atoms. The predicted molar refractivity (Wildman–Crippen MR) is 65.6 cm³/mol. The fourth-order valence-electron chi connectivity index (χ4n) is 1.54. The number of hydrogen-bond acceptors (Lipinski definition) is 2. The lowest BCUT2D eigenvalue weighted by atomic mass is 10.1. The predicted octanol–water partition coefficient (Wildman–Crippen LogP) is 3.61. The van der Waals surface area contributed by atoms with E-state index in [2.05, 4.69) is 11.4 Å². The van der Waals surface area contributed by atoms with Gasteiger partial charge in [0.25, 0.3) is 0 Å². The second-order valence-electron chi connectivity index (χ2n) is 3.65. The summed E-state index contributed by atoms with van der Waals surface area (Å²) in [5.74, 6) is 0. The van der Waals surface area contributed by atoms with Crippen LogP contribution in [0.25, 0.3) is 0 Å². The maximum absolute atomic E-state index is 9.00. The minimum Gasteiger partial charge on any atom is -0.354 e. The Morgan fingerprint density at radius 3 is 2.50 bits per heavy atom. The monoisotopic (exact) mass is 208 g/mol. The Balaban J connectivity index is 2.35. The van der Waals surface area contributed by atoms with Gasteiger partial charge in [-0.05, 0) is 36.8 Å². The summed E-state index contributed by atoms with van der Waals surface area (Å²) in [6, 6.07) is 17.8. The molecule has 0 aliphatic rings. The molecule has 0 aliphatic carbocycles. The van der Waals surface area contributed by atoms with Gasteiger partial charge in [0, 0.05) is 5.69 Å². The Morgan fingerprint density at radius 1 is 1.06 bits per heavy atom.